The zero-order chi connectivity index (χ0) is 38.1. The topological polar surface area (TPSA) is 131 Å². The summed E-state index contributed by atoms with van der Waals surface area (Å²) in [6.07, 6.45) is -4.48. The molecule has 2 aromatic carbocycles. The maximum atomic E-state index is 13.0. The average molecular weight is 876 g/mol. The molecule has 0 atom stereocenters. The van der Waals surface area contributed by atoms with Gasteiger partial charge in [0.05, 0.1) is 149 Å². The third-order valence-corrected chi connectivity index (χ3v) is 7.09. The summed E-state index contributed by atoms with van der Waals surface area (Å²) >= 11 is 2.27. The van der Waals surface area contributed by atoms with E-state index in [1.165, 1.54) is 18.2 Å². The lowest BCUT2D eigenvalue weighted by atomic mass is 10.1. The number of carbonyl (C=O) groups excluding carboxylic acids is 1. The Balaban J connectivity index is 1.30. The molecule has 0 fully saturated rings. The SMILES string of the molecule is O=C(OCCOCCOCCOCCOCCOCCOCCOCCOCCOCCOCCI)c1ccccc1Nc1cccc(C(F)(F)F)c1. The first kappa shape index (κ1) is 47.0. The number of carbonyl (C=O) groups is 1. The fraction of sp³-hybridized carbons (Fsp3) is 0.639. The van der Waals surface area contributed by atoms with Gasteiger partial charge in [0.25, 0.3) is 0 Å². The molecule has 0 saturated carbocycles. The smallest absolute Gasteiger partial charge is 0.416 e. The standard InChI is InChI=1S/C36H53F3INO12/c37-36(38,39)31-4-3-5-32(30-31)41-34-7-2-1-6-33(34)35(42)53-29-28-52-27-26-51-25-24-50-23-22-49-21-20-48-19-18-47-17-16-46-15-14-45-13-12-44-11-10-43-9-8-40/h1-7,30,41H,8-29H2. The Morgan fingerprint density at radius 1 is 0.509 bits per heavy atom. The molecule has 13 nitrogen and oxygen atoms in total. The van der Waals surface area contributed by atoms with Crippen molar-refractivity contribution in [1.29, 1.82) is 0 Å². The van der Waals surface area contributed by atoms with E-state index in [9.17, 15) is 18.0 Å². The molecule has 0 radical (unpaired) electrons. The van der Waals surface area contributed by atoms with E-state index in [-0.39, 0.29) is 24.5 Å². The van der Waals surface area contributed by atoms with Crippen LogP contribution in [0.25, 0.3) is 0 Å². The number of anilines is 2. The van der Waals surface area contributed by atoms with Gasteiger partial charge in [-0.25, -0.2) is 4.79 Å². The van der Waals surface area contributed by atoms with Gasteiger partial charge in [0.1, 0.15) is 6.61 Å². The third kappa shape index (κ3) is 25.5. The maximum Gasteiger partial charge on any atom is 0.416 e. The largest absolute Gasteiger partial charge is 0.460 e. The molecule has 2 aromatic rings. The van der Waals surface area contributed by atoms with E-state index < -0.39 is 17.7 Å². The fourth-order valence-electron chi connectivity index (χ4n) is 4.11. The second kappa shape index (κ2) is 32.1. The van der Waals surface area contributed by atoms with Crippen LogP contribution < -0.4 is 5.32 Å². The second-order valence-corrected chi connectivity index (χ2v) is 11.8. The Morgan fingerprint density at radius 2 is 0.887 bits per heavy atom. The summed E-state index contributed by atoms with van der Waals surface area (Å²) in [6, 6.07) is 11.1. The molecule has 0 aromatic heterocycles. The van der Waals surface area contributed by atoms with Gasteiger partial charge in [0.15, 0.2) is 0 Å². The van der Waals surface area contributed by atoms with Crippen molar-refractivity contribution < 1.29 is 70.1 Å². The number of nitrogens with one attached hydrogen (secondary N) is 1. The maximum absolute atomic E-state index is 13.0. The van der Waals surface area contributed by atoms with Crippen LogP contribution in [0.5, 0.6) is 0 Å². The molecule has 53 heavy (non-hydrogen) atoms. The zero-order valence-electron chi connectivity index (χ0n) is 30.1. The molecule has 0 unspecified atom stereocenters. The van der Waals surface area contributed by atoms with Crippen molar-refractivity contribution in [1.82, 2.24) is 0 Å². The molecule has 1 N–H and O–H groups in total. The van der Waals surface area contributed by atoms with E-state index in [2.05, 4.69) is 27.9 Å². The summed E-state index contributed by atoms with van der Waals surface area (Å²) in [7, 11) is 0. The van der Waals surface area contributed by atoms with Crippen LogP contribution in [0.15, 0.2) is 48.5 Å². The van der Waals surface area contributed by atoms with Crippen LogP contribution in [-0.2, 0) is 58.3 Å². The summed E-state index contributed by atoms with van der Waals surface area (Å²) in [5.41, 5.74) is -0.0888. The fourth-order valence-corrected chi connectivity index (χ4v) is 4.42. The van der Waals surface area contributed by atoms with Crippen LogP contribution in [0.4, 0.5) is 24.5 Å². The van der Waals surface area contributed by atoms with Crippen LogP contribution in [0, 0.1) is 0 Å². The van der Waals surface area contributed by atoms with Gasteiger partial charge in [-0.1, -0.05) is 40.8 Å². The molecular weight excluding hydrogens is 822 g/mol. The summed E-state index contributed by atoms with van der Waals surface area (Å²) in [5.74, 6) is -0.628. The molecule has 2 rings (SSSR count). The minimum absolute atomic E-state index is 0.000987. The number of ether oxygens (including phenoxy) is 11. The van der Waals surface area contributed by atoms with Crippen molar-refractivity contribution >= 4 is 39.9 Å². The molecule has 0 heterocycles. The molecular formula is C36H53F3INO12. The number of halogens is 4. The molecule has 0 aliphatic heterocycles. The highest BCUT2D eigenvalue weighted by Gasteiger charge is 2.30. The number of alkyl halides is 4. The van der Waals surface area contributed by atoms with Gasteiger partial charge >= 0.3 is 12.1 Å². The minimum Gasteiger partial charge on any atom is -0.460 e. The molecule has 0 saturated heterocycles. The number of hydrogen-bond acceptors (Lipinski definition) is 13. The molecule has 0 aliphatic carbocycles. The summed E-state index contributed by atoms with van der Waals surface area (Å²) in [5, 5.41) is 2.86. The highest BCUT2D eigenvalue weighted by molar-refractivity contribution is 14.1. The predicted molar refractivity (Wildman–Crippen MR) is 199 cm³/mol. The van der Waals surface area contributed by atoms with Crippen molar-refractivity contribution in [2.45, 2.75) is 6.18 Å². The Hall–Kier alpha value is -2.17. The first-order valence-electron chi connectivity index (χ1n) is 17.5. The highest BCUT2D eigenvalue weighted by atomic mass is 127. The van der Waals surface area contributed by atoms with Crippen LogP contribution >= 0.6 is 22.6 Å². The van der Waals surface area contributed by atoms with Crippen LogP contribution in [0.2, 0.25) is 0 Å². The quantitative estimate of drug-likeness (QED) is 0.0422. The van der Waals surface area contributed by atoms with E-state index in [0.29, 0.717) is 125 Å². The monoisotopic (exact) mass is 875 g/mol. The minimum atomic E-state index is -4.48. The first-order valence-corrected chi connectivity index (χ1v) is 19.0. The zero-order valence-corrected chi connectivity index (χ0v) is 32.2. The van der Waals surface area contributed by atoms with E-state index in [1.54, 1.807) is 18.2 Å². The number of para-hydroxylation sites is 1. The Morgan fingerprint density at radius 3 is 1.28 bits per heavy atom. The summed E-state index contributed by atoms with van der Waals surface area (Å²) in [4.78, 5) is 12.6. The van der Waals surface area contributed by atoms with Gasteiger partial charge in [-0.15, -0.1) is 0 Å². The van der Waals surface area contributed by atoms with Crippen LogP contribution in [-0.4, -0.2) is 149 Å². The van der Waals surface area contributed by atoms with Gasteiger partial charge in [-0.05, 0) is 30.3 Å². The Bertz CT molecular complexity index is 1180. The van der Waals surface area contributed by atoms with Gasteiger partial charge in [0.2, 0.25) is 0 Å². The van der Waals surface area contributed by atoms with Gasteiger partial charge in [-0.3, -0.25) is 0 Å². The lowest BCUT2D eigenvalue weighted by Gasteiger charge is -2.13. The van der Waals surface area contributed by atoms with Crippen molar-refractivity contribution in [2.24, 2.45) is 0 Å². The van der Waals surface area contributed by atoms with Crippen molar-refractivity contribution in [3.8, 4) is 0 Å². The second-order valence-electron chi connectivity index (χ2n) is 10.7. The normalized spacial score (nSPS) is 11.6. The number of hydrogen-bond donors (Lipinski definition) is 1. The van der Waals surface area contributed by atoms with Crippen molar-refractivity contribution in [3.05, 3.63) is 59.7 Å². The van der Waals surface area contributed by atoms with E-state index in [0.717, 1.165) is 23.2 Å². The number of esters is 1. The number of rotatable bonds is 35. The van der Waals surface area contributed by atoms with E-state index >= 15 is 0 Å². The van der Waals surface area contributed by atoms with Crippen molar-refractivity contribution in [2.75, 3.05) is 148 Å². The van der Waals surface area contributed by atoms with Gasteiger partial charge in [0, 0.05) is 10.1 Å². The lowest BCUT2D eigenvalue weighted by molar-refractivity contribution is -0.137. The highest BCUT2D eigenvalue weighted by Crippen LogP contribution is 2.32. The molecule has 302 valence electrons. The molecule has 0 bridgehead atoms. The first-order chi connectivity index (χ1) is 25.9. The van der Waals surface area contributed by atoms with Crippen LogP contribution in [0.3, 0.4) is 0 Å². The third-order valence-electron chi connectivity index (χ3n) is 6.65. The Labute approximate surface area is 323 Å². The summed E-state index contributed by atoms with van der Waals surface area (Å²) < 4.78 is 99.7. The molecule has 0 spiro atoms. The van der Waals surface area contributed by atoms with Crippen LogP contribution in [0.1, 0.15) is 15.9 Å². The molecule has 0 aliphatic rings. The van der Waals surface area contributed by atoms with Crippen molar-refractivity contribution in [3.63, 3.8) is 0 Å². The predicted octanol–water partition coefficient (Wildman–Crippen LogP) is 5.21. The van der Waals surface area contributed by atoms with E-state index in [4.69, 9.17) is 52.1 Å². The van der Waals surface area contributed by atoms with Gasteiger partial charge < -0.3 is 57.4 Å². The summed E-state index contributed by atoms with van der Waals surface area (Å²) in [6.45, 7) is 9.33. The lowest BCUT2D eigenvalue weighted by Crippen LogP contribution is -2.16. The average Bonchev–Trinajstić information content (AvgIpc) is 3.15. The van der Waals surface area contributed by atoms with Gasteiger partial charge in [-0.2, -0.15) is 13.2 Å². The number of benzene rings is 2. The Kier molecular flexibility index (Phi) is 28.5. The van der Waals surface area contributed by atoms with E-state index in [1.807, 2.05) is 0 Å². The molecule has 0 amide bonds. The molecule has 17 heteroatoms.